The molecule has 1 aromatic carbocycles. The molecule has 0 bridgehead atoms. The van der Waals surface area contributed by atoms with Crippen LogP contribution < -0.4 is 0 Å². The first-order valence-electron chi connectivity index (χ1n) is 8.08. The number of imidazole rings is 1. The first kappa shape index (κ1) is 16.2. The van der Waals surface area contributed by atoms with Gasteiger partial charge in [0.05, 0.1) is 6.20 Å². The topological polar surface area (TPSA) is 57.8 Å². The van der Waals surface area contributed by atoms with Crippen LogP contribution >= 0.6 is 0 Å². The van der Waals surface area contributed by atoms with E-state index in [2.05, 4.69) is 4.98 Å². The third-order valence-electron chi connectivity index (χ3n) is 4.17. The van der Waals surface area contributed by atoms with E-state index in [1.165, 1.54) is 0 Å². The van der Waals surface area contributed by atoms with Gasteiger partial charge in [0.15, 0.2) is 0 Å². The number of aliphatic hydroxyl groups excluding tert-OH is 1. The number of hydrogen-bond donors (Lipinski definition) is 1. The Kier molecular flexibility index (Phi) is 4.91. The van der Waals surface area contributed by atoms with Crippen LogP contribution in [0, 0.1) is 0 Å². The van der Waals surface area contributed by atoms with Crippen LogP contribution in [0.4, 0.5) is 0 Å². The molecule has 0 spiro atoms. The summed E-state index contributed by atoms with van der Waals surface area (Å²) in [5.74, 6) is -0.0847. The monoisotopic (exact) mass is 323 g/mol. The first-order chi connectivity index (χ1) is 11.7. The van der Waals surface area contributed by atoms with Gasteiger partial charge in [-0.25, -0.2) is 4.98 Å². The smallest absolute Gasteiger partial charge is 0.273 e. The van der Waals surface area contributed by atoms with Crippen LogP contribution in [0.5, 0.6) is 0 Å². The Morgan fingerprint density at radius 1 is 1.21 bits per heavy atom. The number of amides is 1. The van der Waals surface area contributed by atoms with Crippen molar-refractivity contribution in [1.29, 1.82) is 0 Å². The maximum absolute atomic E-state index is 13.1. The molecule has 124 valence electrons. The Hall–Kier alpha value is -2.66. The molecular weight excluding hydrogens is 302 g/mol. The lowest BCUT2D eigenvalue weighted by atomic mass is 10.1. The molecule has 3 rings (SSSR count). The summed E-state index contributed by atoms with van der Waals surface area (Å²) in [6.45, 7) is 2.51. The maximum atomic E-state index is 13.1. The van der Waals surface area contributed by atoms with Crippen molar-refractivity contribution in [2.45, 2.75) is 25.9 Å². The van der Waals surface area contributed by atoms with Crippen LogP contribution in [0.15, 0.2) is 60.9 Å². The lowest BCUT2D eigenvalue weighted by Crippen LogP contribution is -2.39. The summed E-state index contributed by atoms with van der Waals surface area (Å²) >= 11 is 0. The Bertz CT molecular complexity index is 814. The van der Waals surface area contributed by atoms with Gasteiger partial charge in [-0.05, 0) is 31.0 Å². The normalized spacial score (nSPS) is 12.2. The number of carbonyl (C=O) groups excluding carboxylic acids is 1. The van der Waals surface area contributed by atoms with Crippen molar-refractivity contribution in [2.75, 3.05) is 6.61 Å². The van der Waals surface area contributed by atoms with E-state index in [1.54, 1.807) is 15.5 Å². The summed E-state index contributed by atoms with van der Waals surface area (Å²) in [6, 6.07) is 15.5. The molecule has 0 radical (unpaired) electrons. The lowest BCUT2D eigenvalue weighted by molar-refractivity contribution is 0.0641. The quantitative estimate of drug-likeness (QED) is 0.759. The minimum atomic E-state index is -0.0847. The molecule has 0 fully saturated rings. The predicted molar refractivity (Wildman–Crippen MR) is 92.7 cm³/mol. The number of hydrogen-bond acceptors (Lipinski definition) is 3. The fourth-order valence-electron chi connectivity index (χ4n) is 2.79. The van der Waals surface area contributed by atoms with Crippen LogP contribution in [-0.4, -0.2) is 37.9 Å². The van der Waals surface area contributed by atoms with E-state index in [1.807, 2.05) is 61.7 Å². The van der Waals surface area contributed by atoms with Crippen LogP contribution in [-0.2, 0) is 6.54 Å². The molecule has 3 aromatic rings. The second kappa shape index (κ2) is 7.27. The fourth-order valence-corrected chi connectivity index (χ4v) is 2.79. The number of carbonyl (C=O) groups is 1. The largest absolute Gasteiger partial charge is 0.396 e. The molecule has 0 aliphatic rings. The number of rotatable bonds is 6. The predicted octanol–water partition coefficient (Wildman–Crippen LogP) is 2.75. The van der Waals surface area contributed by atoms with Gasteiger partial charge in [-0.3, -0.25) is 9.20 Å². The van der Waals surface area contributed by atoms with Gasteiger partial charge in [-0.2, -0.15) is 0 Å². The molecule has 1 atom stereocenters. The summed E-state index contributed by atoms with van der Waals surface area (Å²) in [7, 11) is 0. The highest BCUT2D eigenvalue weighted by atomic mass is 16.3. The Labute approximate surface area is 141 Å². The molecular formula is C19H21N3O2. The zero-order valence-electron chi connectivity index (χ0n) is 13.7. The van der Waals surface area contributed by atoms with E-state index in [4.69, 9.17) is 0 Å². The van der Waals surface area contributed by atoms with Crippen molar-refractivity contribution >= 4 is 11.6 Å². The molecule has 0 saturated carbocycles. The van der Waals surface area contributed by atoms with Gasteiger partial charge in [0.1, 0.15) is 11.3 Å². The van der Waals surface area contributed by atoms with Crippen LogP contribution in [0.2, 0.25) is 0 Å². The minimum Gasteiger partial charge on any atom is -0.396 e. The van der Waals surface area contributed by atoms with Crippen LogP contribution in [0.25, 0.3) is 5.65 Å². The fraction of sp³-hybridized carbons (Fsp3) is 0.263. The number of aromatic nitrogens is 2. The zero-order chi connectivity index (χ0) is 16.9. The van der Waals surface area contributed by atoms with Crippen molar-refractivity contribution in [2.24, 2.45) is 0 Å². The van der Waals surface area contributed by atoms with Gasteiger partial charge in [-0.1, -0.05) is 36.4 Å². The molecule has 1 N–H and O–H groups in total. The van der Waals surface area contributed by atoms with Gasteiger partial charge >= 0.3 is 0 Å². The van der Waals surface area contributed by atoms with Crippen LogP contribution in [0.3, 0.4) is 0 Å². The summed E-state index contributed by atoms with van der Waals surface area (Å²) in [6.07, 6.45) is 3.99. The molecule has 2 aromatic heterocycles. The molecule has 24 heavy (non-hydrogen) atoms. The second-order valence-electron chi connectivity index (χ2n) is 5.85. The summed E-state index contributed by atoms with van der Waals surface area (Å²) < 4.78 is 1.80. The number of fused-ring (bicyclic) bond motifs is 1. The molecule has 0 aliphatic heterocycles. The number of benzene rings is 1. The number of pyridine rings is 1. The van der Waals surface area contributed by atoms with E-state index >= 15 is 0 Å². The summed E-state index contributed by atoms with van der Waals surface area (Å²) in [5.41, 5.74) is 2.34. The summed E-state index contributed by atoms with van der Waals surface area (Å²) in [5, 5.41) is 9.28. The average molecular weight is 323 g/mol. The Balaban J connectivity index is 1.93. The number of nitrogens with zero attached hydrogens (tertiary/aromatic N) is 3. The van der Waals surface area contributed by atoms with E-state index in [9.17, 15) is 9.90 Å². The Morgan fingerprint density at radius 2 is 1.96 bits per heavy atom. The van der Waals surface area contributed by atoms with Crippen LogP contribution in [0.1, 0.15) is 29.4 Å². The standard InChI is InChI=1S/C19H21N3O2/c1-15(10-12-23)22(14-16-7-3-2-4-8-16)19(24)17-13-20-18-9-5-6-11-21(17)18/h2-9,11,13,15,23H,10,12,14H2,1H3. The van der Waals surface area contributed by atoms with Gasteiger partial charge in [0, 0.05) is 25.4 Å². The van der Waals surface area contributed by atoms with Gasteiger partial charge in [0.25, 0.3) is 5.91 Å². The zero-order valence-corrected chi connectivity index (χ0v) is 13.7. The highest BCUT2D eigenvalue weighted by Crippen LogP contribution is 2.16. The van der Waals surface area contributed by atoms with E-state index < -0.39 is 0 Å². The number of aliphatic hydroxyl groups is 1. The van der Waals surface area contributed by atoms with Crippen molar-refractivity contribution in [3.8, 4) is 0 Å². The maximum Gasteiger partial charge on any atom is 0.273 e. The molecule has 5 heteroatoms. The van der Waals surface area contributed by atoms with E-state index in [0.717, 1.165) is 11.2 Å². The molecule has 1 unspecified atom stereocenters. The third-order valence-corrected chi connectivity index (χ3v) is 4.17. The molecule has 0 aliphatic carbocycles. The average Bonchev–Trinajstić information content (AvgIpc) is 3.04. The van der Waals surface area contributed by atoms with Crippen molar-refractivity contribution in [3.63, 3.8) is 0 Å². The van der Waals surface area contributed by atoms with E-state index in [0.29, 0.717) is 18.7 Å². The SMILES string of the molecule is CC(CCO)N(Cc1ccccc1)C(=O)c1cnc2ccccn12. The Morgan fingerprint density at radius 3 is 2.71 bits per heavy atom. The third kappa shape index (κ3) is 3.31. The summed E-state index contributed by atoms with van der Waals surface area (Å²) in [4.78, 5) is 19.2. The molecule has 5 nitrogen and oxygen atoms in total. The van der Waals surface area contributed by atoms with Gasteiger partial charge in [0.2, 0.25) is 0 Å². The van der Waals surface area contributed by atoms with Crippen molar-refractivity contribution in [3.05, 3.63) is 72.2 Å². The highest BCUT2D eigenvalue weighted by Gasteiger charge is 2.24. The lowest BCUT2D eigenvalue weighted by Gasteiger charge is -2.29. The molecule has 0 saturated heterocycles. The molecule has 2 heterocycles. The van der Waals surface area contributed by atoms with Crippen molar-refractivity contribution < 1.29 is 9.90 Å². The van der Waals surface area contributed by atoms with Gasteiger partial charge < -0.3 is 10.0 Å². The first-order valence-corrected chi connectivity index (χ1v) is 8.08. The van der Waals surface area contributed by atoms with E-state index in [-0.39, 0.29) is 18.6 Å². The molecule has 1 amide bonds. The highest BCUT2D eigenvalue weighted by molar-refractivity contribution is 5.93. The minimum absolute atomic E-state index is 0.0485. The van der Waals surface area contributed by atoms with Gasteiger partial charge in [-0.15, -0.1) is 0 Å². The van der Waals surface area contributed by atoms with Crippen molar-refractivity contribution in [1.82, 2.24) is 14.3 Å². The second-order valence-corrected chi connectivity index (χ2v) is 5.85.